The van der Waals surface area contributed by atoms with E-state index in [2.05, 4.69) is 41.7 Å². The third kappa shape index (κ3) is 5.35. The first-order valence-corrected chi connectivity index (χ1v) is 11.7. The molecule has 0 aliphatic rings. The van der Waals surface area contributed by atoms with Crippen LogP contribution >= 0.6 is 27.5 Å². The van der Waals surface area contributed by atoms with E-state index in [9.17, 15) is 8.42 Å². The lowest BCUT2D eigenvalue weighted by molar-refractivity contribution is 0.588. The number of hydrazone groups is 1. The molecule has 0 unspecified atom stereocenters. The first-order valence-electron chi connectivity index (χ1n) is 8.94. The van der Waals surface area contributed by atoms with Gasteiger partial charge in [0.2, 0.25) is 5.95 Å². The molecule has 30 heavy (non-hydrogen) atoms. The van der Waals surface area contributed by atoms with Crippen LogP contribution in [-0.2, 0) is 9.84 Å². The van der Waals surface area contributed by atoms with Crippen LogP contribution in [0.25, 0.3) is 0 Å². The van der Waals surface area contributed by atoms with Crippen molar-refractivity contribution < 1.29 is 8.42 Å². The van der Waals surface area contributed by atoms with Gasteiger partial charge in [-0.15, -0.1) is 0 Å². The van der Waals surface area contributed by atoms with Crippen LogP contribution < -0.4 is 10.7 Å². The minimum absolute atomic E-state index is 0.178. The highest BCUT2D eigenvalue weighted by molar-refractivity contribution is 9.10. The van der Waals surface area contributed by atoms with Gasteiger partial charge in [0, 0.05) is 4.47 Å². The molecule has 1 heterocycles. The molecule has 0 aliphatic heterocycles. The topological polar surface area (TPSA) is 96.3 Å². The molecule has 0 saturated carbocycles. The molecule has 156 valence electrons. The molecular weight excluding hydrogens is 490 g/mol. The van der Waals surface area contributed by atoms with Gasteiger partial charge in [-0.1, -0.05) is 51.8 Å². The van der Waals surface area contributed by atoms with Gasteiger partial charge >= 0.3 is 0 Å². The molecule has 3 aromatic rings. The number of hydrogen-bond donors (Lipinski definition) is 2. The number of para-hydroxylation sites is 1. The number of halogens is 2. The number of hydrogen-bond acceptors (Lipinski definition) is 7. The number of aromatic nitrogens is 2. The highest BCUT2D eigenvalue weighted by Crippen LogP contribution is 2.30. The Labute approximate surface area is 188 Å². The van der Waals surface area contributed by atoms with E-state index in [0.29, 0.717) is 5.69 Å². The molecule has 2 N–H and O–H groups in total. The molecule has 10 heteroatoms. The Morgan fingerprint density at radius 3 is 2.53 bits per heavy atom. The third-order valence-corrected chi connectivity index (χ3v) is 7.08. The maximum atomic E-state index is 12.7. The molecule has 0 aliphatic carbocycles. The second-order valence-electron chi connectivity index (χ2n) is 6.53. The largest absolute Gasteiger partial charge is 0.338 e. The normalized spacial score (nSPS) is 11.8. The van der Waals surface area contributed by atoms with Crippen LogP contribution in [0, 0.1) is 0 Å². The zero-order valence-electron chi connectivity index (χ0n) is 16.2. The summed E-state index contributed by atoms with van der Waals surface area (Å²) in [6, 6.07) is 14.2. The van der Waals surface area contributed by atoms with Crippen molar-refractivity contribution in [2.75, 3.05) is 10.7 Å². The smallest absolute Gasteiger partial charge is 0.245 e. The molecular formula is C20H19BrClN5O2S. The number of nitrogens with one attached hydrogen (secondary N) is 2. The minimum atomic E-state index is -3.49. The van der Waals surface area contributed by atoms with Gasteiger partial charge in [-0.2, -0.15) is 10.1 Å². The maximum absolute atomic E-state index is 12.7. The van der Waals surface area contributed by atoms with E-state index in [-0.39, 0.29) is 21.7 Å². The van der Waals surface area contributed by atoms with E-state index in [4.69, 9.17) is 11.6 Å². The predicted octanol–water partition coefficient (Wildman–Crippen LogP) is 5.26. The van der Waals surface area contributed by atoms with Gasteiger partial charge in [0.15, 0.2) is 15.7 Å². The highest BCUT2D eigenvalue weighted by atomic mass is 79.9. The molecule has 0 fully saturated rings. The molecule has 0 atom stereocenters. The fraction of sp³-hybridized carbons (Fsp3) is 0.150. The summed E-state index contributed by atoms with van der Waals surface area (Å²) in [5.41, 5.74) is 4.02. The maximum Gasteiger partial charge on any atom is 0.245 e. The Hall–Kier alpha value is -2.49. The van der Waals surface area contributed by atoms with Crippen LogP contribution in [0.1, 0.15) is 19.4 Å². The highest BCUT2D eigenvalue weighted by Gasteiger charge is 2.23. The molecule has 7 nitrogen and oxygen atoms in total. The van der Waals surface area contributed by atoms with Gasteiger partial charge in [0.25, 0.3) is 0 Å². The Balaban J connectivity index is 1.82. The summed E-state index contributed by atoms with van der Waals surface area (Å²) in [5, 5.41) is 6.80. The molecule has 0 bridgehead atoms. The van der Waals surface area contributed by atoms with E-state index in [1.807, 2.05) is 24.3 Å². The van der Waals surface area contributed by atoms with Crippen molar-refractivity contribution in [1.29, 1.82) is 0 Å². The quantitative estimate of drug-likeness (QED) is 0.334. The molecule has 0 radical (unpaired) electrons. The van der Waals surface area contributed by atoms with E-state index in [0.717, 1.165) is 10.0 Å². The number of anilines is 3. The summed E-state index contributed by atoms with van der Waals surface area (Å²) >= 11 is 9.59. The summed E-state index contributed by atoms with van der Waals surface area (Å²) in [5.74, 6) is 0.471. The van der Waals surface area contributed by atoms with Gasteiger partial charge < -0.3 is 5.32 Å². The number of rotatable bonds is 7. The van der Waals surface area contributed by atoms with Crippen LogP contribution in [0.5, 0.6) is 0 Å². The van der Waals surface area contributed by atoms with Crippen LogP contribution in [0.15, 0.2) is 69.2 Å². The Bertz CT molecular complexity index is 1170. The molecule has 3 rings (SSSR count). The van der Waals surface area contributed by atoms with Gasteiger partial charge in [-0.25, -0.2) is 18.8 Å². The zero-order chi connectivity index (χ0) is 21.7. The SMILES string of the molecule is CC(C)S(=O)(=O)c1ccccc1Nc1nc(N/N=C/c2ccc(Br)cc2)ncc1Cl. The molecule has 1 aromatic heterocycles. The van der Waals surface area contributed by atoms with E-state index in [1.54, 1.807) is 44.3 Å². The second-order valence-corrected chi connectivity index (χ2v) is 10.3. The second kappa shape index (κ2) is 9.55. The molecule has 2 aromatic carbocycles. The summed E-state index contributed by atoms with van der Waals surface area (Å²) in [4.78, 5) is 8.57. The standard InChI is InChI=1S/C20H19BrClN5O2S/c1-13(2)30(28,29)18-6-4-3-5-17(18)25-19-16(22)12-23-20(26-19)27-24-11-14-7-9-15(21)10-8-14/h3-13H,1-2H3,(H2,23,25,26,27)/b24-11+. The minimum Gasteiger partial charge on any atom is -0.338 e. The van der Waals surface area contributed by atoms with Gasteiger partial charge in [0.05, 0.1) is 28.2 Å². The van der Waals surface area contributed by atoms with E-state index < -0.39 is 15.1 Å². The van der Waals surface area contributed by atoms with Gasteiger partial charge in [-0.3, -0.25) is 0 Å². The number of sulfone groups is 1. The first kappa shape index (κ1) is 22.2. The van der Waals surface area contributed by atoms with Crippen LogP contribution in [0.3, 0.4) is 0 Å². The summed E-state index contributed by atoms with van der Waals surface area (Å²) in [6.07, 6.45) is 3.04. The van der Waals surface area contributed by atoms with E-state index in [1.165, 1.54) is 6.20 Å². The zero-order valence-corrected chi connectivity index (χ0v) is 19.3. The summed E-state index contributed by atoms with van der Waals surface area (Å²) in [6.45, 7) is 3.27. The van der Waals surface area contributed by atoms with Crippen molar-refractivity contribution in [1.82, 2.24) is 9.97 Å². The predicted molar refractivity (Wildman–Crippen MR) is 124 cm³/mol. The Kier molecular flexibility index (Phi) is 7.06. The van der Waals surface area contributed by atoms with Crippen molar-refractivity contribution in [2.24, 2.45) is 5.10 Å². The number of nitrogens with zero attached hydrogens (tertiary/aromatic N) is 3. The lowest BCUT2D eigenvalue weighted by atomic mass is 10.2. The van der Waals surface area contributed by atoms with E-state index >= 15 is 0 Å². The lowest BCUT2D eigenvalue weighted by Gasteiger charge is -2.15. The monoisotopic (exact) mass is 507 g/mol. The van der Waals surface area contributed by atoms with Crippen LogP contribution in [0.4, 0.5) is 17.5 Å². The Morgan fingerprint density at radius 1 is 1.13 bits per heavy atom. The number of benzene rings is 2. The molecule has 0 saturated heterocycles. The van der Waals surface area contributed by atoms with Gasteiger partial charge in [0.1, 0.15) is 5.02 Å². The molecule has 0 amide bonds. The lowest BCUT2D eigenvalue weighted by Crippen LogP contribution is -2.15. The van der Waals surface area contributed by atoms with Crippen molar-refractivity contribution in [3.05, 3.63) is 69.8 Å². The fourth-order valence-electron chi connectivity index (χ4n) is 2.42. The van der Waals surface area contributed by atoms with Crippen molar-refractivity contribution in [3.8, 4) is 0 Å². The average Bonchev–Trinajstić information content (AvgIpc) is 2.72. The van der Waals surface area contributed by atoms with Gasteiger partial charge in [-0.05, 0) is 43.7 Å². The molecule has 0 spiro atoms. The summed E-state index contributed by atoms with van der Waals surface area (Å²) in [7, 11) is -3.49. The van der Waals surface area contributed by atoms with Crippen molar-refractivity contribution in [3.63, 3.8) is 0 Å². The third-order valence-electron chi connectivity index (χ3n) is 4.06. The van der Waals surface area contributed by atoms with Crippen molar-refractivity contribution >= 4 is 61.0 Å². The summed E-state index contributed by atoms with van der Waals surface area (Å²) < 4.78 is 26.3. The first-order chi connectivity index (χ1) is 14.3. The van der Waals surface area contributed by atoms with Crippen LogP contribution in [0.2, 0.25) is 5.02 Å². The van der Waals surface area contributed by atoms with Crippen molar-refractivity contribution in [2.45, 2.75) is 24.0 Å². The average molecular weight is 509 g/mol. The van der Waals surface area contributed by atoms with Crippen LogP contribution in [-0.4, -0.2) is 29.9 Å². The Morgan fingerprint density at radius 2 is 1.83 bits per heavy atom. The fourth-order valence-corrected chi connectivity index (χ4v) is 4.03.